The number of nitrogens with one attached hydrogen (secondary N) is 1. The van der Waals surface area contributed by atoms with Crippen LogP contribution in [0.3, 0.4) is 0 Å². The van der Waals surface area contributed by atoms with Crippen LogP contribution >= 0.6 is 0 Å². The first-order valence-electron chi connectivity index (χ1n) is 7.52. The minimum atomic E-state index is -0.122. The Balaban J connectivity index is 1.72. The Morgan fingerprint density at radius 1 is 1.40 bits per heavy atom. The van der Waals surface area contributed by atoms with Crippen LogP contribution in [0.4, 0.5) is 0 Å². The zero-order valence-electron chi connectivity index (χ0n) is 12.2. The molecule has 1 unspecified atom stereocenters. The van der Waals surface area contributed by atoms with E-state index in [4.69, 9.17) is 9.47 Å². The van der Waals surface area contributed by atoms with Gasteiger partial charge in [0.15, 0.2) is 0 Å². The highest BCUT2D eigenvalue weighted by Gasteiger charge is 2.27. The number of hydrogen-bond donors (Lipinski definition) is 2. The molecular formula is C16H23NO3. The second kappa shape index (κ2) is 5.62. The Kier molecular flexibility index (Phi) is 3.85. The molecule has 1 heterocycles. The molecule has 20 heavy (non-hydrogen) atoms. The molecule has 1 aromatic rings. The van der Waals surface area contributed by atoms with Gasteiger partial charge in [0.1, 0.15) is 17.6 Å². The zero-order chi connectivity index (χ0) is 14.1. The fourth-order valence-corrected chi connectivity index (χ4v) is 2.92. The molecule has 0 radical (unpaired) electrons. The highest BCUT2D eigenvalue weighted by atomic mass is 16.5. The van der Waals surface area contributed by atoms with Gasteiger partial charge < -0.3 is 19.9 Å². The lowest BCUT2D eigenvalue weighted by molar-refractivity contribution is 0.0618. The highest BCUT2D eigenvalue weighted by molar-refractivity contribution is 5.48. The van der Waals surface area contributed by atoms with Crippen molar-refractivity contribution in [2.24, 2.45) is 0 Å². The first-order chi connectivity index (χ1) is 9.65. The van der Waals surface area contributed by atoms with Crippen molar-refractivity contribution in [1.82, 2.24) is 5.32 Å². The molecule has 0 saturated heterocycles. The molecule has 1 aromatic carbocycles. The van der Waals surface area contributed by atoms with E-state index in [-0.39, 0.29) is 12.2 Å². The van der Waals surface area contributed by atoms with E-state index in [1.165, 1.54) is 5.56 Å². The van der Waals surface area contributed by atoms with Gasteiger partial charge in [-0.3, -0.25) is 0 Å². The molecule has 1 saturated carbocycles. The molecule has 0 spiro atoms. The Bertz CT molecular complexity index is 483. The highest BCUT2D eigenvalue weighted by Crippen LogP contribution is 2.35. The van der Waals surface area contributed by atoms with Crippen molar-refractivity contribution in [2.75, 3.05) is 6.61 Å². The lowest BCUT2D eigenvalue weighted by Gasteiger charge is -2.32. The predicted molar refractivity (Wildman–Crippen MR) is 77.3 cm³/mol. The van der Waals surface area contributed by atoms with E-state index in [0.717, 1.165) is 42.9 Å². The fourth-order valence-electron chi connectivity index (χ4n) is 2.92. The van der Waals surface area contributed by atoms with E-state index in [1.807, 2.05) is 6.92 Å². The number of benzene rings is 1. The van der Waals surface area contributed by atoms with Gasteiger partial charge in [-0.1, -0.05) is 0 Å². The standard InChI is InChI=1S/C16H23NO3/c1-3-19-15-5-11-4-10(2)20-16(11)6-12(15)9-17-13-7-14(18)8-13/h5-6,10,13-14,17-18H,3-4,7-9H2,1-2H3. The quantitative estimate of drug-likeness (QED) is 0.864. The molecule has 1 atom stereocenters. The van der Waals surface area contributed by atoms with Gasteiger partial charge >= 0.3 is 0 Å². The zero-order valence-corrected chi connectivity index (χ0v) is 12.2. The van der Waals surface area contributed by atoms with Crippen molar-refractivity contribution in [3.05, 3.63) is 23.3 Å². The van der Waals surface area contributed by atoms with Crippen LogP contribution in [0, 0.1) is 0 Å². The molecule has 1 aliphatic heterocycles. The number of aliphatic hydroxyl groups is 1. The van der Waals surface area contributed by atoms with Crippen LogP contribution in [0.1, 0.15) is 37.8 Å². The fraction of sp³-hybridized carbons (Fsp3) is 0.625. The number of aliphatic hydroxyl groups excluding tert-OH is 1. The van der Waals surface area contributed by atoms with Gasteiger partial charge in [0.25, 0.3) is 0 Å². The first-order valence-corrected chi connectivity index (χ1v) is 7.52. The number of hydrogen-bond acceptors (Lipinski definition) is 4. The van der Waals surface area contributed by atoms with E-state index in [0.29, 0.717) is 12.6 Å². The summed E-state index contributed by atoms with van der Waals surface area (Å²) in [5, 5.41) is 12.8. The summed E-state index contributed by atoms with van der Waals surface area (Å²) in [5.41, 5.74) is 2.38. The third-order valence-electron chi connectivity index (χ3n) is 4.07. The lowest BCUT2D eigenvalue weighted by atomic mass is 9.89. The third kappa shape index (κ3) is 2.76. The topological polar surface area (TPSA) is 50.7 Å². The minimum Gasteiger partial charge on any atom is -0.494 e. The number of rotatable bonds is 5. The summed E-state index contributed by atoms with van der Waals surface area (Å²) in [5.74, 6) is 1.95. The van der Waals surface area contributed by atoms with Gasteiger partial charge in [0, 0.05) is 30.1 Å². The molecule has 0 bridgehead atoms. The van der Waals surface area contributed by atoms with Crippen molar-refractivity contribution in [1.29, 1.82) is 0 Å². The first kappa shape index (κ1) is 13.7. The summed E-state index contributed by atoms with van der Waals surface area (Å²) < 4.78 is 11.6. The predicted octanol–water partition coefficient (Wildman–Crippen LogP) is 2.02. The number of fused-ring (bicyclic) bond motifs is 1. The summed E-state index contributed by atoms with van der Waals surface area (Å²) in [4.78, 5) is 0. The smallest absolute Gasteiger partial charge is 0.124 e. The summed E-state index contributed by atoms with van der Waals surface area (Å²) in [6, 6.07) is 4.65. The maximum Gasteiger partial charge on any atom is 0.124 e. The van der Waals surface area contributed by atoms with Gasteiger partial charge in [-0.05, 0) is 38.8 Å². The van der Waals surface area contributed by atoms with E-state index < -0.39 is 0 Å². The SMILES string of the molecule is CCOc1cc2c(cc1CNC1CC(O)C1)OC(C)C2. The summed E-state index contributed by atoms with van der Waals surface area (Å²) in [6.07, 6.45) is 2.79. The molecule has 4 heteroatoms. The molecule has 2 N–H and O–H groups in total. The third-order valence-corrected chi connectivity index (χ3v) is 4.07. The lowest BCUT2D eigenvalue weighted by Crippen LogP contribution is -2.43. The second-order valence-corrected chi connectivity index (χ2v) is 5.84. The van der Waals surface area contributed by atoms with Crippen LogP contribution in [0.5, 0.6) is 11.5 Å². The van der Waals surface area contributed by atoms with Crippen molar-refractivity contribution < 1.29 is 14.6 Å². The molecule has 4 nitrogen and oxygen atoms in total. The molecule has 3 rings (SSSR count). The summed E-state index contributed by atoms with van der Waals surface area (Å²) >= 11 is 0. The van der Waals surface area contributed by atoms with E-state index in [2.05, 4.69) is 24.4 Å². The van der Waals surface area contributed by atoms with Crippen LogP contribution in [0.25, 0.3) is 0 Å². The molecule has 0 amide bonds. The van der Waals surface area contributed by atoms with Crippen molar-refractivity contribution in [2.45, 2.75) is 57.9 Å². The van der Waals surface area contributed by atoms with Crippen LogP contribution < -0.4 is 14.8 Å². The van der Waals surface area contributed by atoms with E-state index in [9.17, 15) is 5.11 Å². The molecular weight excluding hydrogens is 254 g/mol. The van der Waals surface area contributed by atoms with Crippen molar-refractivity contribution in [3.63, 3.8) is 0 Å². The summed E-state index contributed by atoms with van der Waals surface area (Å²) in [7, 11) is 0. The Hall–Kier alpha value is -1.26. The molecule has 1 aliphatic carbocycles. The molecule has 1 fully saturated rings. The van der Waals surface area contributed by atoms with Crippen LogP contribution in [0.15, 0.2) is 12.1 Å². The molecule has 2 aliphatic rings. The maximum absolute atomic E-state index is 9.33. The normalized spacial score (nSPS) is 27.6. The average Bonchev–Trinajstić information content (AvgIpc) is 2.72. The van der Waals surface area contributed by atoms with Crippen LogP contribution in [0.2, 0.25) is 0 Å². The average molecular weight is 277 g/mol. The van der Waals surface area contributed by atoms with Crippen molar-refractivity contribution >= 4 is 0 Å². The number of ether oxygens (including phenoxy) is 2. The monoisotopic (exact) mass is 277 g/mol. The van der Waals surface area contributed by atoms with E-state index in [1.54, 1.807) is 0 Å². The van der Waals surface area contributed by atoms with Crippen LogP contribution in [-0.4, -0.2) is 30.0 Å². The van der Waals surface area contributed by atoms with Gasteiger partial charge in [0.05, 0.1) is 12.7 Å². The molecule has 0 aromatic heterocycles. The Morgan fingerprint density at radius 2 is 2.20 bits per heavy atom. The minimum absolute atomic E-state index is 0.122. The van der Waals surface area contributed by atoms with Gasteiger partial charge in [-0.25, -0.2) is 0 Å². The van der Waals surface area contributed by atoms with Crippen molar-refractivity contribution in [3.8, 4) is 11.5 Å². The summed E-state index contributed by atoms with van der Waals surface area (Å²) in [6.45, 7) is 5.53. The second-order valence-electron chi connectivity index (χ2n) is 5.84. The molecule has 110 valence electrons. The van der Waals surface area contributed by atoms with Crippen LogP contribution in [-0.2, 0) is 13.0 Å². The van der Waals surface area contributed by atoms with Gasteiger partial charge in [0.2, 0.25) is 0 Å². The van der Waals surface area contributed by atoms with Gasteiger partial charge in [-0.2, -0.15) is 0 Å². The maximum atomic E-state index is 9.33. The Labute approximate surface area is 120 Å². The van der Waals surface area contributed by atoms with Gasteiger partial charge in [-0.15, -0.1) is 0 Å². The largest absolute Gasteiger partial charge is 0.494 e. The Morgan fingerprint density at radius 3 is 2.90 bits per heavy atom. The van der Waals surface area contributed by atoms with E-state index >= 15 is 0 Å².